The Labute approximate surface area is 57.0 Å². The first-order chi connectivity index (χ1) is 4.35. The number of rotatable bonds is 4. The summed E-state index contributed by atoms with van der Waals surface area (Å²) < 4.78 is 2.12. The van der Waals surface area contributed by atoms with Crippen molar-refractivity contribution in [1.29, 1.82) is 0 Å². The number of nitrogens with zero attached hydrogens (tertiary/aromatic N) is 1. The molecule has 50 valence electrons. The fraction of sp³-hybridized carbons (Fsp3) is 0.375. The highest BCUT2D eigenvalue weighted by molar-refractivity contribution is 5.46. The molecule has 0 aromatic carbocycles. The number of hydrogen-bond donors (Lipinski definition) is 0. The molecular weight excluding hydrogens is 110 g/mol. The highest BCUT2D eigenvalue weighted by Gasteiger charge is 1.91. The van der Waals surface area contributed by atoms with Crippen molar-refractivity contribution in [3.8, 4) is 0 Å². The SMILES string of the molecule is C=CC[N+](=CC)CC=C. The highest BCUT2D eigenvalue weighted by Crippen LogP contribution is 1.75. The van der Waals surface area contributed by atoms with E-state index in [0.29, 0.717) is 0 Å². The normalized spacial score (nSPS) is 8.11. The first-order valence-electron chi connectivity index (χ1n) is 3.10. The summed E-state index contributed by atoms with van der Waals surface area (Å²) in [4.78, 5) is 0. The maximum absolute atomic E-state index is 3.63. The Morgan fingerprint density at radius 1 is 1.22 bits per heavy atom. The van der Waals surface area contributed by atoms with Gasteiger partial charge in [-0.3, -0.25) is 0 Å². The van der Waals surface area contributed by atoms with Gasteiger partial charge in [0.25, 0.3) is 0 Å². The average molecular weight is 124 g/mol. The van der Waals surface area contributed by atoms with Crippen LogP contribution in [0.15, 0.2) is 25.3 Å². The van der Waals surface area contributed by atoms with E-state index in [-0.39, 0.29) is 0 Å². The van der Waals surface area contributed by atoms with Crippen molar-refractivity contribution in [1.82, 2.24) is 0 Å². The molecule has 1 nitrogen and oxygen atoms in total. The molecule has 0 aliphatic rings. The molecule has 0 N–H and O–H groups in total. The minimum absolute atomic E-state index is 0.905. The smallest absolute Gasteiger partial charge is 0.161 e. The zero-order valence-corrected chi connectivity index (χ0v) is 6.01. The first kappa shape index (κ1) is 8.15. The van der Waals surface area contributed by atoms with Crippen molar-refractivity contribution in [2.45, 2.75) is 6.92 Å². The number of hydrogen-bond acceptors (Lipinski definition) is 0. The predicted molar refractivity (Wildman–Crippen MR) is 42.1 cm³/mol. The predicted octanol–water partition coefficient (Wildman–Crippen LogP) is 1.46. The van der Waals surface area contributed by atoms with Gasteiger partial charge in [0.1, 0.15) is 6.21 Å². The lowest BCUT2D eigenvalue weighted by Crippen LogP contribution is -2.11. The van der Waals surface area contributed by atoms with Crippen LogP contribution in [0.3, 0.4) is 0 Å². The van der Waals surface area contributed by atoms with Crippen LogP contribution in [-0.4, -0.2) is 23.9 Å². The molecule has 9 heavy (non-hydrogen) atoms. The second-order valence-electron chi connectivity index (χ2n) is 1.79. The van der Waals surface area contributed by atoms with Gasteiger partial charge < -0.3 is 0 Å². The van der Waals surface area contributed by atoms with Gasteiger partial charge in [0, 0.05) is 6.92 Å². The van der Waals surface area contributed by atoms with E-state index in [9.17, 15) is 0 Å². The molecule has 0 saturated heterocycles. The zero-order chi connectivity index (χ0) is 7.11. The molecule has 0 aromatic rings. The Morgan fingerprint density at radius 3 is 1.89 bits per heavy atom. The van der Waals surface area contributed by atoms with Gasteiger partial charge in [0.2, 0.25) is 0 Å². The first-order valence-corrected chi connectivity index (χ1v) is 3.10. The average Bonchev–Trinajstić information content (AvgIpc) is 1.88. The molecule has 0 spiro atoms. The Hall–Kier alpha value is -0.850. The molecule has 0 unspecified atom stereocenters. The van der Waals surface area contributed by atoms with Crippen molar-refractivity contribution < 1.29 is 4.58 Å². The van der Waals surface area contributed by atoms with Crippen molar-refractivity contribution in [2.24, 2.45) is 0 Å². The van der Waals surface area contributed by atoms with Gasteiger partial charge in [-0.05, 0) is 12.2 Å². The van der Waals surface area contributed by atoms with Crippen LogP contribution in [0.4, 0.5) is 0 Å². The molecule has 0 aliphatic carbocycles. The molecule has 0 aliphatic heterocycles. The molecule has 0 radical (unpaired) electrons. The van der Waals surface area contributed by atoms with Gasteiger partial charge in [-0.2, -0.15) is 0 Å². The van der Waals surface area contributed by atoms with Crippen molar-refractivity contribution >= 4 is 6.21 Å². The lowest BCUT2D eigenvalue weighted by molar-refractivity contribution is -0.503. The fourth-order valence-corrected chi connectivity index (χ4v) is 0.617. The minimum Gasteiger partial charge on any atom is -0.233 e. The summed E-state index contributed by atoms with van der Waals surface area (Å²) in [5.41, 5.74) is 0. The van der Waals surface area contributed by atoms with Crippen molar-refractivity contribution in [3.63, 3.8) is 0 Å². The molecule has 0 atom stereocenters. The standard InChI is InChI=1S/C8H14N/c1-4-7-9(6-3)8-5-2/h4-6H,1-2,7-8H2,3H3/q+1. The molecule has 0 saturated carbocycles. The molecule has 0 bridgehead atoms. The van der Waals surface area contributed by atoms with Crippen molar-refractivity contribution in [2.75, 3.05) is 13.1 Å². The highest BCUT2D eigenvalue weighted by atomic mass is 15.0. The van der Waals surface area contributed by atoms with E-state index in [1.54, 1.807) is 0 Å². The van der Waals surface area contributed by atoms with Crippen molar-refractivity contribution in [3.05, 3.63) is 25.3 Å². The van der Waals surface area contributed by atoms with Gasteiger partial charge in [-0.25, -0.2) is 4.58 Å². The van der Waals surface area contributed by atoms with Gasteiger partial charge in [0.05, 0.1) is 0 Å². The van der Waals surface area contributed by atoms with Gasteiger partial charge in [-0.15, -0.1) is 0 Å². The van der Waals surface area contributed by atoms with E-state index in [1.807, 2.05) is 25.3 Å². The Kier molecular flexibility index (Phi) is 4.79. The molecule has 0 amide bonds. The van der Waals surface area contributed by atoms with Crippen LogP contribution in [0.1, 0.15) is 6.92 Å². The van der Waals surface area contributed by atoms with Crippen LogP contribution in [0.25, 0.3) is 0 Å². The zero-order valence-electron chi connectivity index (χ0n) is 6.01. The van der Waals surface area contributed by atoms with Crippen LogP contribution < -0.4 is 0 Å². The van der Waals surface area contributed by atoms with E-state index in [4.69, 9.17) is 0 Å². The Balaban J connectivity index is 3.68. The molecule has 0 rings (SSSR count). The minimum atomic E-state index is 0.905. The summed E-state index contributed by atoms with van der Waals surface area (Å²) in [5, 5.41) is 0. The fourth-order valence-electron chi connectivity index (χ4n) is 0.617. The van der Waals surface area contributed by atoms with Crippen LogP contribution in [0.5, 0.6) is 0 Å². The lowest BCUT2D eigenvalue weighted by atomic mass is 10.5. The summed E-state index contributed by atoms with van der Waals surface area (Å²) in [5.74, 6) is 0. The van der Waals surface area contributed by atoms with E-state index < -0.39 is 0 Å². The van der Waals surface area contributed by atoms with Crippen LogP contribution in [0, 0.1) is 0 Å². The Morgan fingerprint density at radius 2 is 1.67 bits per heavy atom. The van der Waals surface area contributed by atoms with E-state index in [0.717, 1.165) is 13.1 Å². The van der Waals surface area contributed by atoms with E-state index in [2.05, 4.69) is 17.7 Å². The van der Waals surface area contributed by atoms with E-state index in [1.165, 1.54) is 0 Å². The van der Waals surface area contributed by atoms with Gasteiger partial charge >= 0.3 is 0 Å². The molecule has 1 heteroatoms. The second-order valence-corrected chi connectivity index (χ2v) is 1.79. The van der Waals surface area contributed by atoms with Crippen LogP contribution in [-0.2, 0) is 0 Å². The third-order valence-corrected chi connectivity index (χ3v) is 1.09. The molecule has 0 aromatic heterocycles. The maximum atomic E-state index is 3.63. The largest absolute Gasteiger partial charge is 0.233 e. The quantitative estimate of drug-likeness (QED) is 0.303. The summed E-state index contributed by atoms with van der Waals surface area (Å²) in [7, 11) is 0. The topological polar surface area (TPSA) is 3.01 Å². The molecule has 0 heterocycles. The summed E-state index contributed by atoms with van der Waals surface area (Å²) in [6.45, 7) is 11.1. The summed E-state index contributed by atoms with van der Waals surface area (Å²) in [6.07, 6.45) is 5.79. The molecular formula is C8H14N+. The van der Waals surface area contributed by atoms with Gasteiger partial charge in [0.15, 0.2) is 13.1 Å². The van der Waals surface area contributed by atoms with Crippen LogP contribution >= 0.6 is 0 Å². The van der Waals surface area contributed by atoms with E-state index >= 15 is 0 Å². The summed E-state index contributed by atoms with van der Waals surface area (Å²) in [6, 6.07) is 0. The third-order valence-electron chi connectivity index (χ3n) is 1.09. The monoisotopic (exact) mass is 124 g/mol. The maximum Gasteiger partial charge on any atom is 0.161 e. The third kappa shape index (κ3) is 3.71. The lowest BCUT2D eigenvalue weighted by Gasteiger charge is -1.92. The van der Waals surface area contributed by atoms with Gasteiger partial charge in [-0.1, -0.05) is 13.2 Å². The Bertz CT molecular complexity index is 111. The second kappa shape index (κ2) is 5.29. The molecule has 0 fully saturated rings. The van der Waals surface area contributed by atoms with Crippen LogP contribution in [0.2, 0.25) is 0 Å². The summed E-state index contributed by atoms with van der Waals surface area (Å²) >= 11 is 0.